The summed E-state index contributed by atoms with van der Waals surface area (Å²) in [5.41, 5.74) is 5.45. The minimum atomic E-state index is -0.211. The third-order valence-corrected chi connectivity index (χ3v) is 7.10. The lowest BCUT2D eigenvalue weighted by Gasteiger charge is -2.31. The summed E-state index contributed by atoms with van der Waals surface area (Å²) < 4.78 is 1.94. The van der Waals surface area contributed by atoms with Gasteiger partial charge in [-0.3, -0.25) is 9.59 Å². The Balaban J connectivity index is 1.13. The molecule has 1 aromatic heterocycles. The Morgan fingerprint density at radius 3 is 1.82 bits per heavy atom. The molecule has 0 aliphatic carbocycles. The van der Waals surface area contributed by atoms with E-state index in [-0.39, 0.29) is 24.0 Å². The van der Waals surface area contributed by atoms with Crippen LogP contribution >= 0.6 is 0 Å². The van der Waals surface area contributed by atoms with Crippen LogP contribution in [0.1, 0.15) is 53.6 Å². The first kappa shape index (κ1) is 27.0. The number of carbonyl (C=O) groups is 2. The number of aliphatic hydroxyl groups is 1. The van der Waals surface area contributed by atoms with Crippen molar-refractivity contribution in [1.29, 1.82) is 0 Å². The number of amides is 2. The van der Waals surface area contributed by atoms with Gasteiger partial charge in [0, 0.05) is 59.3 Å². The van der Waals surface area contributed by atoms with E-state index >= 15 is 0 Å². The van der Waals surface area contributed by atoms with Crippen molar-refractivity contribution < 1.29 is 14.7 Å². The molecule has 1 aliphatic rings. The summed E-state index contributed by atoms with van der Waals surface area (Å²) in [6, 6.07) is 26.5. The summed E-state index contributed by atoms with van der Waals surface area (Å²) in [4.78, 5) is 27.7. The predicted octanol–water partition coefficient (Wildman–Crippen LogP) is 6.28. The van der Waals surface area contributed by atoms with Crippen LogP contribution in [0.15, 0.2) is 91.1 Å². The molecule has 0 unspecified atom stereocenters. The SMILES string of the molecule is CC(C)n1cccc1C(=O)Nc1ccc(Nc2ccc(NC(=O)c3ccc(N4CCC(O)CC4)cc3)cc2)cc1. The number of rotatable bonds is 8. The van der Waals surface area contributed by atoms with Crippen LogP contribution in [0.5, 0.6) is 0 Å². The van der Waals surface area contributed by atoms with Gasteiger partial charge in [-0.15, -0.1) is 0 Å². The molecular weight excluding hydrogens is 502 g/mol. The molecule has 0 saturated carbocycles. The van der Waals surface area contributed by atoms with Gasteiger partial charge in [0.1, 0.15) is 5.69 Å². The van der Waals surface area contributed by atoms with Crippen LogP contribution in [0.3, 0.4) is 0 Å². The molecule has 4 N–H and O–H groups in total. The maximum atomic E-state index is 12.8. The standard InChI is InChI=1S/C32H35N5O3/c1-22(2)37-19-3-4-30(37)32(40)35-27-13-9-25(10-14-27)33-24-7-11-26(12-8-24)34-31(39)23-5-15-28(16-6-23)36-20-17-29(38)18-21-36/h3-16,19,22,29,33,38H,17-18,20-21H2,1-2H3,(H,34,39)(H,35,40). The number of nitrogens with one attached hydrogen (secondary N) is 3. The van der Waals surface area contributed by atoms with Crippen molar-refractivity contribution in [3.63, 3.8) is 0 Å². The van der Waals surface area contributed by atoms with E-state index in [2.05, 4.69) is 20.9 Å². The molecular formula is C32H35N5O3. The van der Waals surface area contributed by atoms with Gasteiger partial charge in [0.05, 0.1) is 6.10 Å². The molecule has 8 heteroatoms. The maximum Gasteiger partial charge on any atom is 0.272 e. The number of benzene rings is 3. The number of hydrogen-bond donors (Lipinski definition) is 4. The average Bonchev–Trinajstić information content (AvgIpc) is 3.47. The van der Waals surface area contributed by atoms with Gasteiger partial charge in [0.25, 0.3) is 11.8 Å². The Kier molecular flexibility index (Phi) is 8.17. The molecule has 4 aromatic rings. The van der Waals surface area contributed by atoms with E-state index in [0.717, 1.165) is 43.0 Å². The van der Waals surface area contributed by atoms with Crippen LogP contribution in [0.2, 0.25) is 0 Å². The summed E-state index contributed by atoms with van der Waals surface area (Å²) in [6.45, 7) is 5.73. The van der Waals surface area contributed by atoms with Crippen LogP contribution < -0.4 is 20.9 Å². The fourth-order valence-corrected chi connectivity index (χ4v) is 4.82. The highest BCUT2D eigenvalue weighted by molar-refractivity contribution is 6.04. The summed E-state index contributed by atoms with van der Waals surface area (Å²) >= 11 is 0. The number of aromatic nitrogens is 1. The molecule has 1 saturated heterocycles. The highest BCUT2D eigenvalue weighted by atomic mass is 16.3. The molecule has 40 heavy (non-hydrogen) atoms. The third-order valence-electron chi connectivity index (χ3n) is 7.10. The quantitative estimate of drug-likeness (QED) is 0.212. The zero-order valence-corrected chi connectivity index (χ0v) is 22.8. The highest BCUT2D eigenvalue weighted by Gasteiger charge is 2.17. The van der Waals surface area contributed by atoms with Crippen molar-refractivity contribution in [2.24, 2.45) is 0 Å². The third kappa shape index (κ3) is 6.52. The van der Waals surface area contributed by atoms with Crippen molar-refractivity contribution in [3.05, 3.63) is 102 Å². The second-order valence-corrected chi connectivity index (χ2v) is 10.3. The Morgan fingerprint density at radius 2 is 1.27 bits per heavy atom. The highest BCUT2D eigenvalue weighted by Crippen LogP contribution is 2.23. The Bertz CT molecular complexity index is 1440. The van der Waals surface area contributed by atoms with Gasteiger partial charge < -0.3 is 30.5 Å². The molecule has 1 aliphatic heterocycles. The molecule has 8 nitrogen and oxygen atoms in total. The minimum absolute atomic E-state index is 0.143. The van der Waals surface area contributed by atoms with Crippen LogP contribution in [-0.2, 0) is 0 Å². The first-order valence-corrected chi connectivity index (χ1v) is 13.7. The fourth-order valence-electron chi connectivity index (χ4n) is 4.82. The van der Waals surface area contributed by atoms with Crippen molar-refractivity contribution in [2.75, 3.05) is 33.9 Å². The molecule has 2 heterocycles. The second kappa shape index (κ2) is 12.1. The monoisotopic (exact) mass is 537 g/mol. The fraction of sp³-hybridized carbons (Fsp3) is 0.250. The minimum Gasteiger partial charge on any atom is -0.393 e. The van der Waals surface area contributed by atoms with Crippen LogP contribution in [0.4, 0.5) is 28.4 Å². The smallest absolute Gasteiger partial charge is 0.272 e. The van der Waals surface area contributed by atoms with Gasteiger partial charge in [-0.25, -0.2) is 0 Å². The molecule has 0 spiro atoms. The van der Waals surface area contributed by atoms with Crippen molar-refractivity contribution in [2.45, 2.75) is 38.8 Å². The van der Waals surface area contributed by atoms with Gasteiger partial charge in [-0.05, 0) is 112 Å². The first-order valence-electron chi connectivity index (χ1n) is 13.7. The number of hydrogen-bond acceptors (Lipinski definition) is 5. The van der Waals surface area contributed by atoms with Crippen molar-refractivity contribution >= 4 is 40.3 Å². The van der Waals surface area contributed by atoms with Gasteiger partial charge in [0.2, 0.25) is 0 Å². The van der Waals surface area contributed by atoms with Crippen LogP contribution in [-0.4, -0.2) is 40.7 Å². The summed E-state index contributed by atoms with van der Waals surface area (Å²) in [5.74, 6) is -0.310. The Labute approximate surface area is 234 Å². The molecule has 0 bridgehead atoms. The Morgan fingerprint density at radius 1 is 0.750 bits per heavy atom. The number of aliphatic hydroxyl groups excluding tert-OH is 1. The van der Waals surface area contributed by atoms with Crippen molar-refractivity contribution in [1.82, 2.24) is 4.57 Å². The summed E-state index contributed by atoms with van der Waals surface area (Å²) in [6.07, 6.45) is 3.23. The molecule has 2 amide bonds. The number of nitrogens with zero attached hydrogens (tertiary/aromatic N) is 2. The topological polar surface area (TPSA) is 98.6 Å². The van der Waals surface area contributed by atoms with Crippen LogP contribution in [0, 0.1) is 0 Å². The van der Waals surface area contributed by atoms with Gasteiger partial charge >= 0.3 is 0 Å². The van der Waals surface area contributed by atoms with Crippen LogP contribution in [0.25, 0.3) is 0 Å². The molecule has 0 atom stereocenters. The lowest BCUT2D eigenvalue weighted by Crippen LogP contribution is -2.35. The molecule has 5 rings (SSSR count). The average molecular weight is 538 g/mol. The first-order chi connectivity index (χ1) is 19.4. The lowest BCUT2D eigenvalue weighted by molar-refractivity contribution is 0.101. The maximum absolute atomic E-state index is 12.8. The van der Waals surface area contributed by atoms with E-state index in [9.17, 15) is 14.7 Å². The van der Waals surface area contributed by atoms with Gasteiger partial charge in [-0.2, -0.15) is 0 Å². The van der Waals surface area contributed by atoms with Crippen molar-refractivity contribution in [3.8, 4) is 0 Å². The van der Waals surface area contributed by atoms with E-state index in [1.807, 2.05) is 110 Å². The number of carbonyl (C=O) groups excluding carboxylic acids is 2. The van der Waals surface area contributed by atoms with E-state index in [0.29, 0.717) is 22.6 Å². The zero-order valence-electron chi connectivity index (χ0n) is 22.8. The summed E-state index contributed by atoms with van der Waals surface area (Å²) in [7, 11) is 0. The predicted molar refractivity (Wildman–Crippen MR) is 161 cm³/mol. The summed E-state index contributed by atoms with van der Waals surface area (Å²) in [5, 5.41) is 18.9. The van der Waals surface area contributed by atoms with Gasteiger partial charge in [0.15, 0.2) is 0 Å². The second-order valence-electron chi connectivity index (χ2n) is 10.3. The number of piperidine rings is 1. The normalized spacial score (nSPS) is 13.8. The van der Waals surface area contributed by atoms with E-state index in [1.54, 1.807) is 0 Å². The largest absolute Gasteiger partial charge is 0.393 e. The van der Waals surface area contributed by atoms with E-state index < -0.39 is 0 Å². The molecule has 0 radical (unpaired) electrons. The Hall–Kier alpha value is -4.56. The van der Waals surface area contributed by atoms with E-state index in [4.69, 9.17) is 0 Å². The molecule has 3 aromatic carbocycles. The van der Waals surface area contributed by atoms with Gasteiger partial charge in [-0.1, -0.05) is 0 Å². The molecule has 206 valence electrons. The van der Waals surface area contributed by atoms with E-state index in [1.165, 1.54) is 0 Å². The zero-order chi connectivity index (χ0) is 28.1. The lowest BCUT2D eigenvalue weighted by atomic mass is 10.1. The molecule has 1 fully saturated rings. The number of anilines is 5.